The molecule has 2 saturated heterocycles. The van der Waals surface area contributed by atoms with Crippen molar-refractivity contribution in [1.29, 1.82) is 0 Å². The van der Waals surface area contributed by atoms with E-state index in [4.69, 9.17) is 4.74 Å². The Hall–Kier alpha value is -2.82. The van der Waals surface area contributed by atoms with Gasteiger partial charge >= 0.3 is 0 Å². The summed E-state index contributed by atoms with van der Waals surface area (Å²) in [5.74, 6) is 0.907. The van der Waals surface area contributed by atoms with Crippen LogP contribution in [-0.2, 0) is 4.79 Å². The molecule has 2 aromatic carbocycles. The normalized spacial score (nSPS) is 22.3. The van der Waals surface area contributed by atoms with Gasteiger partial charge in [-0.2, -0.15) is 0 Å². The van der Waals surface area contributed by atoms with Crippen LogP contribution in [0.25, 0.3) is 0 Å². The van der Waals surface area contributed by atoms with Crippen LogP contribution in [0.15, 0.2) is 54.6 Å². The van der Waals surface area contributed by atoms with Gasteiger partial charge in [-0.25, -0.2) is 0 Å². The van der Waals surface area contributed by atoms with Crippen molar-refractivity contribution in [2.75, 3.05) is 31.6 Å². The highest BCUT2D eigenvalue weighted by atomic mass is 16.5. The molecule has 0 radical (unpaired) electrons. The number of amides is 2. The van der Waals surface area contributed by atoms with Crippen molar-refractivity contribution in [3.63, 3.8) is 0 Å². The van der Waals surface area contributed by atoms with E-state index >= 15 is 0 Å². The summed E-state index contributed by atoms with van der Waals surface area (Å²) in [6.45, 7) is 2.01. The summed E-state index contributed by atoms with van der Waals surface area (Å²) in [4.78, 5) is 29.1. The molecule has 0 aromatic heterocycles. The zero-order valence-electron chi connectivity index (χ0n) is 14.9. The van der Waals surface area contributed by atoms with Crippen LogP contribution in [0.3, 0.4) is 0 Å². The van der Waals surface area contributed by atoms with E-state index in [0.717, 1.165) is 17.9 Å². The zero-order valence-corrected chi connectivity index (χ0v) is 14.9. The lowest BCUT2D eigenvalue weighted by molar-refractivity contribution is -0.117. The predicted molar refractivity (Wildman–Crippen MR) is 99.4 cm³/mol. The van der Waals surface area contributed by atoms with E-state index in [1.54, 1.807) is 31.4 Å². The van der Waals surface area contributed by atoms with Gasteiger partial charge in [0.1, 0.15) is 5.75 Å². The number of carbonyl (C=O) groups excluding carboxylic acids is 2. The van der Waals surface area contributed by atoms with Crippen molar-refractivity contribution >= 4 is 17.5 Å². The lowest BCUT2D eigenvalue weighted by Crippen LogP contribution is -2.34. The first-order chi connectivity index (χ1) is 12.6. The van der Waals surface area contributed by atoms with Crippen molar-refractivity contribution in [2.24, 2.45) is 5.41 Å². The summed E-state index contributed by atoms with van der Waals surface area (Å²) >= 11 is 0. The molecule has 0 saturated carbocycles. The van der Waals surface area contributed by atoms with E-state index in [-0.39, 0.29) is 17.2 Å². The van der Waals surface area contributed by atoms with Gasteiger partial charge in [0.05, 0.1) is 7.11 Å². The highest BCUT2D eigenvalue weighted by molar-refractivity contribution is 5.97. The molecule has 1 spiro atoms. The lowest BCUT2D eigenvalue weighted by Gasteiger charge is -2.24. The number of ether oxygens (including phenoxy) is 1. The van der Waals surface area contributed by atoms with E-state index in [1.807, 2.05) is 40.1 Å². The van der Waals surface area contributed by atoms with Gasteiger partial charge in [-0.1, -0.05) is 18.2 Å². The number of methoxy groups -OCH3 is 1. The van der Waals surface area contributed by atoms with Crippen LogP contribution >= 0.6 is 0 Å². The van der Waals surface area contributed by atoms with E-state index in [0.29, 0.717) is 31.6 Å². The Labute approximate surface area is 153 Å². The third kappa shape index (κ3) is 2.94. The maximum atomic E-state index is 12.8. The second kappa shape index (κ2) is 6.48. The zero-order chi connectivity index (χ0) is 18.1. The Morgan fingerprint density at radius 2 is 1.77 bits per heavy atom. The number of benzene rings is 2. The second-order valence-electron chi connectivity index (χ2n) is 7.20. The molecule has 26 heavy (non-hydrogen) atoms. The minimum atomic E-state index is -0.130. The van der Waals surface area contributed by atoms with Crippen LogP contribution in [0.5, 0.6) is 5.75 Å². The number of hydrogen-bond acceptors (Lipinski definition) is 3. The number of likely N-dealkylation sites (tertiary alicyclic amines) is 1. The number of rotatable bonds is 3. The van der Waals surface area contributed by atoms with Gasteiger partial charge < -0.3 is 14.5 Å². The van der Waals surface area contributed by atoms with Crippen molar-refractivity contribution in [1.82, 2.24) is 4.90 Å². The molecule has 5 nitrogen and oxygen atoms in total. The number of para-hydroxylation sites is 1. The summed E-state index contributed by atoms with van der Waals surface area (Å²) in [5.41, 5.74) is 1.47. The minimum Gasteiger partial charge on any atom is -0.497 e. The monoisotopic (exact) mass is 350 g/mol. The van der Waals surface area contributed by atoms with Gasteiger partial charge in [0.15, 0.2) is 0 Å². The first kappa shape index (κ1) is 16.6. The molecule has 0 unspecified atom stereocenters. The standard InChI is InChI=1S/C21H22N2O3/c1-26-18-9-7-16(8-10-18)20(25)22-12-11-21(14-22)13-19(24)23(15-21)17-5-3-2-4-6-17/h2-10H,11-15H2,1H3/t21-/m1/s1. The van der Waals surface area contributed by atoms with E-state index in [2.05, 4.69) is 0 Å². The van der Waals surface area contributed by atoms with Crippen LogP contribution in [0.1, 0.15) is 23.2 Å². The molecule has 4 rings (SSSR count). The number of hydrogen-bond donors (Lipinski definition) is 0. The third-order valence-corrected chi connectivity index (χ3v) is 5.45. The fourth-order valence-corrected chi connectivity index (χ4v) is 4.04. The average Bonchev–Trinajstić information content (AvgIpc) is 3.25. The minimum absolute atomic E-state index is 0.0233. The fourth-order valence-electron chi connectivity index (χ4n) is 4.04. The highest BCUT2D eigenvalue weighted by Crippen LogP contribution is 2.42. The Balaban J connectivity index is 1.47. The molecule has 2 aliphatic rings. The largest absolute Gasteiger partial charge is 0.497 e. The summed E-state index contributed by atoms with van der Waals surface area (Å²) in [7, 11) is 1.61. The Bertz CT molecular complexity index is 819. The van der Waals surface area contributed by atoms with Gasteiger partial charge in [-0.3, -0.25) is 9.59 Å². The van der Waals surface area contributed by atoms with Crippen LogP contribution in [0, 0.1) is 5.41 Å². The molecule has 134 valence electrons. The van der Waals surface area contributed by atoms with E-state index in [9.17, 15) is 9.59 Å². The van der Waals surface area contributed by atoms with Gasteiger partial charge in [0, 0.05) is 42.7 Å². The first-order valence-corrected chi connectivity index (χ1v) is 8.89. The van der Waals surface area contributed by atoms with Gasteiger partial charge in [-0.15, -0.1) is 0 Å². The molecule has 1 atom stereocenters. The van der Waals surface area contributed by atoms with Crippen LogP contribution < -0.4 is 9.64 Å². The van der Waals surface area contributed by atoms with E-state index in [1.165, 1.54) is 0 Å². The van der Waals surface area contributed by atoms with Gasteiger partial charge in [-0.05, 0) is 42.8 Å². The Kier molecular flexibility index (Phi) is 4.15. The van der Waals surface area contributed by atoms with Crippen LogP contribution in [0.2, 0.25) is 0 Å². The van der Waals surface area contributed by atoms with E-state index < -0.39 is 0 Å². The molecule has 5 heteroatoms. The van der Waals surface area contributed by atoms with Crippen LogP contribution in [-0.4, -0.2) is 43.5 Å². The van der Waals surface area contributed by atoms with Gasteiger partial charge in [0.2, 0.25) is 5.91 Å². The van der Waals surface area contributed by atoms with Crippen molar-refractivity contribution in [3.05, 3.63) is 60.2 Å². The van der Waals surface area contributed by atoms with Crippen molar-refractivity contribution in [2.45, 2.75) is 12.8 Å². The second-order valence-corrected chi connectivity index (χ2v) is 7.20. The van der Waals surface area contributed by atoms with Crippen molar-refractivity contribution in [3.8, 4) is 5.75 Å². The summed E-state index contributed by atoms with van der Waals surface area (Å²) < 4.78 is 5.15. The number of nitrogens with zero attached hydrogens (tertiary/aromatic N) is 2. The topological polar surface area (TPSA) is 49.9 Å². The summed E-state index contributed by atoms with van der Waals surface area (Å²) in [6.07, 6.45) is 1.37. The highest BCUT2D eigenvalue weighted by Gasteiger charge is 2.48. The molecule has 0 N–H and O–H groups in total. The predicted octanol–water partition coefficient (Wildman–Crippen LogP) is 2.96. The van der Waals surface area contributed by atoms with Gasteiger partial charge in [0.25, 0.3) is 5.91 Å². The molecule has 2 fully saturated rings. The fraction of sp³-hybridized carbons (Fsp3) is 0.333. The SMILES string of the molecule is COc1ccc(C(=O)N2CC[C@@]3(CC(=O)N(c4ccccc4)C3)C2)cc1. The third-order valence-electron chi connectivity index (χ3n) is 5.45. The number of anilines is 1. The Morgan fingerprint density at radius 3 is 2.46 bits per heavy atom. The molecule has 2 heterocycles. The molecular weight excluding hydrogens is 328 g/mol. The smallest absolute Gasteiger partial charge is 0.253 e. The maximum absolute atomic E-state index is 12.8. The quantitative estimate of drug-likeness (QED) is 0.855. The molecular formula is C21H22N2O3. The lowest BCUT2D eigenvalue weighted by atomic mass is 9.86. The first-order valence-electron chi connectivity index (χ1n) is 8.89. The molecule has 2 aromatic rings. The maximum Gasteiger partial charge on any atom is 0.253 e. The molecule has 2 amide bonds. The summed E-state index contributed by atoms with van der Waals surface area (Å²) in [6, 6.07) is 17.0. The molecule has 0 bridgehead atoms. The Morgan fingerprint density at radius 1 is 1.04 bits per heavy atom. The molecule has 2 aliphatic heterocycles. The van der Waals surface area contributed by atoms with Crippen LogP contribution in [0.4, 0.5) is 5.69 Å². The molecule has 0 aliphatic carbocycles. The summed E-state index contributed by atoms with van der Waals surface area (Å²) in [5, 5.41) is 0. The average molecular weight is 350 g/mol. The number of carbonyl (C=O) groups is 2. The van der Waals surface area contributed by atoms with Crippen molar-refractivity contribution < 1.29 is 14.3 Å².